The fourth-order valence-corrected chi connectivity index (χ4v) is 1.94. The van der Waals surface area contributed by atoms with Crippen molar-refractivity contribution in [3.05, 3.63) is 34.1 Å². The molecule has 1 unspecified atom stereocenters. The number of rotatable bonds is 4. The maximum Gasteiger partial charge on any atom is 0.320 e. The summed E-state index contributed by atoms with van der Waals surface area (Å²) in [5.41, 5.74) is 2.05. The number of benzene rings is 1. The summed E-state index contributed by atoms with van der Waals surface area (Å²) in [7, 11) is 1.85. The summed E-state index contributed by atoms with van der Waals surface area (Å²) >= 11 is 3.43. The summed E-state index contributed by atoms with van der Waals surface area (Å²) in [5, 5.41) is 14.1. The topological polar surface area (TPSA) is 63.0 Å². The number of anilines is 2. The molecule has 0 radical (unpaired) electrons. The Morgan fingerprint density at radius 3 is 2.78 bits per heavy atom. The molecule has 0 saturated heterocycles. The molecule has 0 aliphatic heterocycles. The predicted octanol–water partition coefficient (Wildman–Crippen LogP) is 3.16. The number of hydrogen-bond acceptors (Lipinski definition) is 5. The molecule has 2 aromatic rings. The lowest BCUT2D eigenvalue weighted by molar-refractivity contribution is 0.443. The van der Waals surface area contributed by atoms with Gasteiger partial charge < -0.3 is 15.1 Å². The van der Waals surface area contributed by atoms with Crippen LogP contribution in [0.2, 0.25) is 0 Å². The van der Waals surface area contributed by atoms with Crippen LogP contribution in [0.5, 0.6) is 0 Å². The Morgan fingerprint density at radius 1 is 1.33 bits per heavy atom. The minimum absolute atomic E-state index is 0.0408. The van der Waals surface area contributed by atoms with E-state index in [1.165, 1.54) is 0 Å². The normalized spacial score (nSPS) is 12.4. The first kappa shape index (κ1) is 13.0. The van der Waals surface area contributed by atoms with Crippen LogP contribution in [0.25, 0.3) is 0 Å². The van der Waals surface area contributed by atoms with E-state index in [1.54, 1.807) is 0 Å². The van der Waals surface area contributed by atoms with Crippen LogP contribution in [0.1, 0.15) is 24.4 Å². The lowest BCUT2D eigenvalue weighted by Crippen LogP contribution is -2.12. The van der Waals surface area contributed by atoms with Crippen LogP contribution in [0.15, 0.2) is 27.1 Å². The summed E-state index contributed by atoms with van der Waals surface area (Å²) in [6.45, 7) is 3.97. The van der Waals surface area contributed by atoms with Crippen molar-refractivity contribution < 1.29 is 4.42 Å². The van der Waals surface area contributed by atoms with Gasteiger partial charge in [-0.1, -0.05) is 21.0 Å². The Hall–Kier alpha value is -1.40. The van der Waals surface area contributed by atoms with Crippen LogP contribution in [0.3, 0.4) is 0 Å². The molecule has 1 aromatic heterocycles. The molecule has 1 heterocycles. The molecule has 6 heteroatoms. The van der Waals surface area contributed by atoms with Gasteiger partial charge in [0.15, 0.2) is 0 Å². The molecule has 96 valence electrons. The molecule has 0 saturated carbocycles. The van der Waals surface area contributed by atoms with Gasteiger partial charge >= 0.3 is 6.01 Å². The molecule has 1 atom stereocenters. The van der Waals surface area contributed by atoms with Gasteiger partial charge in [-0.3, -0.25) is 0 Å². The molecule has 0 amide bonds. The van der Waals surface area contributed by atoms with Crippen LogP contribution in [-0.4, -0.2) is 17.2 Å². The zero-order chi connectivity index (χ0) is 13.1. The lowest BCUT2D eigenvalue weighted by atomic mass is 10.2. The molecular formula is C12H15BrN4O. The number of halogens is 1. The van der Waals surface area contributed by atoms with E-state index in [9.17, 15) is 0 Å². The smallest absolute Gasteiger partial charge is 0.320 e. The number of hydrogen-bond donors (Lipinski definition) is 2. The summed E-state index contributed by atoms with van der Waals surface area (Å²) < 4.78 is 6.56. The minimum atomic E-state index is 0.0408. The minimum Gasteiger partial charge on any atom is -0.406 e. The molecule has 0 aliphatic carbocycles. The van der Waals surface area contributed by atoms with Gasteiger partial charge in [0.05, 0.1) is 6.04 Å². The first-order chi connectivity index (χ1) is 8.60. The summed E-state index contributed by atoms with van der Waals surface area (Å²) in [6.07, 6.45) is 0. The van der Waals surface area contributed by atoms with Gasteiger partial charge in [-0.05, 0) is 44.7 Å². The summed E-state index contributed by atoms with van der Waals surface area (Å²) in [5.74, 6) is 0.565. The van der Waals surface area contributed by atoms with Crippen molar-refractivity contribution in [2.24, 2.45) is 0 Å². The highest BCUT2D eigenvalue weighted by Crippen LogP contribution is 2.23. The van der Waals surface area contributed by atoms with Gasteiger partial charge in [0, 0.05) is 10.2 Å². The SMILES string of the molecule is CNC(C)c1nnc(Nc2ccc(Br)cc2C)o1. The van der Waals surface area contributed by atoms with Crippen molar-refractivity contribution in [2.75, 3.05) is 12.4 Å². The number of aryl methyl sites for hydroxylation is 1. The molecule has 18 heavy (non-hydrogen) atoms. The molecule has 0 spiro atoms. The van der Waals surface area contributed by atoms with Crippen LogP contribution in [0, 0.1) is 6.92 Å². The average molecular weight is 311 g/mol. The van der Waals surface area contributed by atoms with Gasteiger partial charge in [0.25, 0.3) is 0 Å². The highest BCUT2D eigenvalue weighted by Gasteiger charge is 2.12. The van der Waals surface area contributed by atoms with Gasteiger partial charge in [-0.2, -0.15) is 0 Å². The Kier molecular flexibility index (Phi) is 3.98. The van der Waals surface area contributed by atoms with E-state index in [-0.39, 0.29) is 6.04 Å². The maximum atomic E-state index is 5.52. The van der Waals surface area contributed by atoms with Crippen molar-refractivity contribution in [3.8, 4) is 0 Å². The second kappa shape index (κ2) is 5.49. The Bertz CT molecular complexity index is 541. The number of nitrogens with zero attached hydrogens (tertiary/aromatic N) is 2. The molecule has 0 bridgehead atoms. The number of nitrogens with one attached hydrogen (secondary N) is 2. The highest BCUT2D eigenvalue weighted by molar-refractivity contribution is 9.10. The van der Waals surface area contributed by atoms with Gasteiger partial charge in [0.1, 0.15) is 0 Å². The maximum absolute atomic E-state index is 5.52. The molecule has 2 rings (SSSR count). The van der Waals surface area contributed by atoms with E-state index in [1.807, 2.05) is 39.1 Å². The van der Waals surface area contributed by atoms with Crippen LogP contribution < -0.4 is 10.6 Å². The zero-order valence-electron chi connectivity index (χ0n) is 10.5. The van der Waals surface area contributed by atoms with E-state index < -0.39 is 0 Å². The van der Waals surface area contributed by atoms with Crippen molar-refractivity contribution >= 4 is 27.6 Å². The van der Waals surface area contributed by atoms with Crippen LogP contribution in [0.4, 0.5) is 11.7 Å². The van der Waals surface area contributed by atoms with E-state index in [0.717, 1.165) is 15.7 Å². The largest absolute Gasteiger partial charge is 0.406 e. The van der Waals surface area contributed by atoms with E-state index in [4.69, 9.17) is 4.42 Å². The molecule has 1 aromatic carbocycles. The zero-order valence-corrected chi connectivity index (χ0v) is 12.1. The molecular weight excluding hydrogens is 296 g/mol. The highest BCUT2D eigenvalue weighted by atomic mass is 79.9. The van der Waals surface area contributed by atoms with Gasteiger partial charge in [-0.25, -0.2) is 0 Å². The molecule has 0 fully saturated rings. The third-order valence-corrected chi connectivity index (χ3v) is 3.17. The van der Waals surface area contributed by atoms with Crippen molar-refractivity contribution in [2.45, 2.75) is 19.9 Å². The van der Waals surface area contributed by atoms with Crippen LogP contribution >= 0.6 is 15.9 Å². The second-order valence-electron chi connectivity index (χ2n) is 4.04. The molecule has 0 aliphatic rings. The van der Waals surface area contributed by atoms with Crippen molar-refractivity contribution in [3.63, 3.8) is 0 Å². The summed E-state index contributed by atoms with van der Waals surface area (Å²) in [4.78, 5) is 0. The monoisotopic (exact) mass is 310 g/mol. The fourth-order valence-electron chi connectivity index (χ4n) is 1.47. The summed E-state index contributed by atoms with van der Waals surface area (Å²) in [6, 6.07) is 6.39. The second-order valence-corrected chi connectivity index (χ2v) is 4.96. The number of aromatic nitrogens is 2. The Labute approximate surface area is 114 Å². The van der Waals surface area contributed by atoms with Gasteiger partial charge in [0.2, 0.25) is 5.89 Å². The average Bonchev–Trinajstić information content (AvgIpc) is 2.80. The van der Waals surface area contributed by atoms with E-state index >= 15 is 0 Å². The standard InChI is InChI=1S/C12H15BrN4O/c1-7-6-9(13)4-5-10(7)15-12-17-16-11(18-12)8(2)14-3/h4-6,8,14H,1-3H3,(H,15,17). The molecule has 5 nitrogen and oxygen atoms in total. The molecule has 2 N–H and O–H groups in total. The van der Waals surface area contributed by atoms with E-state index in [2.05, 4.69) is 36.8 Å². The fraction of sp³-hybridized carbons (Fsp3) is 0.333. The van der Waals surface area contributed by atoms with Crippen LogP contribution in [-0.2, 0) is 0 Å². The Balaban J connectivity index is 2.16. The van der Waals surface area contributed by atoms with Crippen molar-refractivity contribution in [1.29, 1.82) is 0 Å². The lowest BCUT2D eigenvalue weighted by Gasteiger charge is -2.06. The third-order valence-electron chi connectivity index (χ3n) is 2.67. The quantitative estimate of drug-likeness (QED) is 0.908. The Morgan fingerprint density at radius 2 is 2.11 bits per heavy atom. The van der Waals surface area contributed by atoms with E-state index in [0.29, 0.717) is 11.9 Å². The first-order valence-corrected chi connectivity index (χ1v) is 6.43. The van der Waals surface area contributed by atoms with Crippen molar-refractivity contribution in [1.82, 2.24) is 15.5 Å². The predicted molar refractivity (Wildman–Crippen MR) is 73.9 cm³/mol. The first-order valence-electron chi connectivity index (χ1n) is 5.64. The van der Waals surface area contributed by atoms with Gasteiger partial charge in [-0.15, -0.1) is 5.10 Å². The third kappa shape index (κ3) is 2.88.